The second-order valence-electron chi connectivity index (χ2n) is 4.86. The number of para-hydroxylation sites is 1. The Bertz CT molecular complexity index is 888. The molecule has 0 saturated carbocycles. The molecule has 1 heterocycles. The Balaban J connectivity index is 1.77. The van der Waals surface area contributed by atoms with Crippen LogP contribution in [0, 0.1) is 5.82 Å². The first-order valence-electron chi connectivity index (χ1n) is 7.02. The van der Waals surface area contributed by atoms with Crippen LogP contribution in [0.3, 0.4) is 0 Å². The third kappa shape index (κ3) is 3.94. The monoisotopic (exact) mass is 386 g/mol. The lowest BCUT2D eigenvalue weighted by Gasteiger charge is -2.08. The molecule has 120 valence electrons. The fourth-order valence-corrected chi connectivity index (χ4v) is 2.41. The second kappa shape index (κ2) is 7.18. The number of nitrogens with one attached hydrogen (secondary N) is 2. The highest BCUT2D eigenvalue weighted by Gasteiger charge is 2.10. The van der Waals surface area contributed by atoms with Crippen LogP contribution in [0.4, 0.5) is 21.6 Å². The molecule has 0 fully saturated rings. The minimum atomic E-state index is -0.406. The quantitative estimate of drug-likeness (QED) is 0.698. The maximum atomic E-state index is 13.7. The minimum absolute atomic E-state index is 0.170. The first kappa shape index (κ1) is 16.1. The van der Waals surface area contributed by atoms with Gasteiger partial charge in [0, 0.05) is 16.2 Å². The van der Waals surface area contributed by atoms with Crippen molar-refractivity contribution in [2.75, 3.05) is 10.6 Å². The summed E-state index contributed by atoms with van der Waals surface area (Å²) in [6, 6.07) is 14.9. The summed E-state index contributed by atoms with van der Waals surface area (Å²) in [4.78, 5) is 20.2. The molecule has 2 N–H and O–H groups in total. The molecule has 0 radical (unpaired) electrons. The highest BCUT2D eigenvalue weighted by Crippen LogP contribution is 2.19. The van der Waals surface area contributed by atoms with Crippen LogP contribution >= 0.6 is 15.9 Å². The van der Waals surface area contributed by atoms with Crippen LogP contribution in [0.1, 0.15) is 10.5 Å². The van der Waals surface area contributed by atoms with Gasteiger partial charge in [-0.1, -0.05) is 34.1 Å². The van der Waals surface area contributed by atoms with Crippen LogP contribution in [0.5, 0.6) is 0 Å². The van der Waals surface area contributed by atoms with Crippen molar-refractivity contribution in [2.24, 2.45) is 0 Å². The van der Waals surface area contributed by atoms with E-state index < -0.39 is 5.82 Å². The fraction of sp³-hybridized carbons (Fsp3) is 0. The highest BCUT2D eigenvalue weighted by molar-refractivity contribution is 9.10. The number of nitrogens with zero attached hydrogens (tertiary/aromatic N) is 2. The smallest absolute Gasteiger partial charge is 0.274 e. The van der Waals surface area contributed by atoms with Crippen LogP contribution in [0.15, 0.2) is 65.4 Å². The SMILES string of the molecule is O=C(Nc1cccc(Br)c1)c1cc(Nc2ccccc2F)ncn1. The first-order chi connectivity index (χ1) is 11.6. The second-order valence-corrected chi connectivity index (χ2v) is 5.77. The number of halogens is 2. The lowest BCUT2D eigenvalue weighted by Crippen LogP contribution is -2.14. The summed E-state index contributed by atoms with van der Waals surface area (Å²) in [6.07, 6.45) is 1.25. The van der Waals surface area contributed by atoms with E-state index in [1.807, 2.05) is 12.1 Å². The van der Waals surface area contributed by atoms with Crippen molar-refractivity contribution in [1.29, 1.82) is 0 Å². The van der Waals surface area contributed by atoms with E-state index in [9.17, 15) is 9.18 Å². The average Bonchev–Trinajstić information content (AvgIpc) is 2.57. The van der Waals surface area contributed by atoms with Gasteiger partial charge in [0.25, 0.3) is 5.91 Å². The summed E-state index contributed by atoms with van der Waals surface area (Å²) in [5.74, 6) is -0.460. The highest BCUT2D eigenvalue weighted by atomic mass is 79.9. The van der Waals surface area contributed by atoms with Crippen molar-refractivity contribution in [1.82, 2.24) is 9.97 Å². The summed E-state index contributed by atoms with van der Waals surface area (Å²) in [5.41, 5.74) is 1.08. The van der Waals surface area contributed by atoms with E-state index in [0.717, 1.165) is 4.47 Å². The Morgan fingerprint density at radius 1 is 1.04 bits per heavy atom. The maximum Gasteiger partial charge on any atom is 0.274 e. The lowest BCUT2D eigenvalue weighted by atomic mass is 10.3. The summed E-state index contributed by atoms with van der Waals surface area (Å²) < 4.78 is 14.5. The summed E-state index contributed by atoms with van der Waals surface area (Å²) >= 11 is 3.34. The standard InChI is InChI=1S/C17H12BrFN4O/c18-11-4-3-5-12(8-11)22-17(24)15-9-16(21-10-20-15)23-14-7-2-1-6-13(14)19/h1-10H,(H,22,24)(H,20,21,23). The topological polar surface area (TPSA) is 66.9 Å². The van der Waals surface area contributed by atoms with E-state index in [1.54, 1.807) is 30.3 Å². The van der Waals surface area contributed by atoms with Crippen molar-refractivity contribution < 1.29 is 9.18 Å². The Hall–Kier alpha value is -2.80. The molecule has 5 nitrogen and oxygen atoms in total. The van der Waals surface area contributed by atoms with Gasteiger partial charge in [0.2, 0.25) is 0 Å². The van der Waals surface area contributed by atoms with Gasteiger partial charge in [0.1, 0.15) is 23.7 Å². The normalized spacial score (nSPS) is 10.2. The van der Waals surface area contributed by atoms with Crippen LogP contribution < -0.4 is 10.6 Å². The summed E-state index contributed by atoms with van der Waals surface area (Å²) in [6.45, 7) is 0. The van der Waals surface area contributed by atoms with Gasteiger partial charge < -0.3 is 10.6 Å². The van der Waals surface area contributed by atoms with Gasteiger partial charge in [0.05, 0.1) is 5.69 Å². The van der Waals surface area contributed by atoms with Crippen LogP contribution in [0.2, 0.25) is 0 Å². The Morgan fingerprint density at radius 2 is 1.88 bits per heavy atom. The van der Waals surface area contributed by atoms with Crippen molar-refractivity contribution in [3.63, 3.8) is 0 Å². The number of hydrogen-bond acceptors (Lipinski definition) is 4. The van der Waals surface area contributed by atoms with Gasteiger partial charge in [-0.3, -0.25) is 4.79 Å². The van der Waals surface area contributed by atoms with E-state index in [4.69, 9.17) is 0 Å². The van der Waals surface area contributed by atoms with E-state index >= 15 is 0 Å². The van der Waals surface area contributed by atoms with Crippen molar-refractivity contribution in [3.05, 3.63) is 76.9 Å². The number of rotatable bonds is 4. The number of carbonyl (C=O) groups excluding carboxylic acids is 1. The Kier molecular flexibility index (Phi) is 4.81. The lowest BCUT2D eigenvalue weighted by molar-refractivity contribution is 0.102. The zero-order chi connectivity index (χ0) is 16.9. The van der Waals surface area contributed by atoms with Gasteiger partial charge in [-0.05, 0) is 30.3 Å². The third-order valence-electron chi connectivity index (χ3n) is 3.12. The minimum Gasteiger partial charge on any atom is -0.338 e. The molecule has 0 aliphatic carbocycles. The molecular weight excluding hydrogens is 375 g/mol. The third-order valence-corrected chi connectivity index (χ3v) is 3.61. The van der Waals surface area contributed by atoms with Crippen LogP contribution in [0.25, 0.3) is 0 Å². The van der Waals surface area contributed by atoms with E-state index in [0.29, 0.717) is 11.5 Å². The summed E-state index contributed by atoms with van der Waals surface area (Å²) in [5, 5.41) is 5.57. The van der Waals surface area contributed by atoms with Crippen LogP contribution in [-0.2, 0) is 0 Å². The fourth-order valence-electron chi connectivity index (χ4n) is 2.01. The Labute approximate surface area is 146 Å². The van der Waals surface area contributed by atoms with Gasteiger partial charge in [-0.15, -0.1) is 0 Å². The molecule has 1 amide bonds. The largest absolute Gasteiger partial charge is 0.338 e. The van der Waals surface area contributed by atoms with Gasteiger partial charge in [-0.2, -0.15) is 0 Å². The first-order valence-corrected chi connectivity index (χ1v) is 7.81. The number of aromatic nitrogens is 2. The van der Waals surface area contributed by atoms with E-state index in [-0.39, 0.29) is 17.3 Å². The summed E-state index contributed by atoms with van der Waals surface area (Å²) in [7, 11) is 0. The Morgan fingerprint density at radius 3 is 2.67 bits per heavy atom. The molecule has 0 spiro atoms. The molecule has 3 aromatic rings. The van der Waals surface area contributed by atoms with Crippen molar-refractivity contribution in [2.45, 2.75) is 0 Å². The van der Waals surface area contributed by atoms with E-state index in [1.165, 1.54) is 18.5 Å². The van der Waals surface area contributed by atoms with Gasteiger partial charge >= 0.3 is 0 Å². The molecule has 0 atom stereocenters. The number of amides is 1. The van der Waals surface area contributed by atoms with Crippen LogP contribution in [-0.4, -0.2) is 15.9 Å². The molecule has 24 heavy (non-hydrogen) atoms. The van der Waals surface area contributed by atoms with Gasteiger partial charge in [-0.25, -0.2) is 14.4 Å². The molecule has 1 aromatic heterocycles. The zero-order valence-corrected chi connectivity index (χ0v) is 13.9. The number of carbonyl (C=O) groups is 1. The predicted octanol–water partition coefficient (Wildman–Crippen LogP) is 4.37. The molecule has 0 bridgehead atoms. The average molecular weight is 387 g/mol. The molecule has 0 saturated heterocycles. The molecular formula is C17H12BrFN4O. The number of anilines is 3. The molecule has 3 rings (SSSR count). The molecule has 0 unspecified atom stereocenters. The number of benzene rings is 2. The maximum absolute atomic E-state index is 13.7. The molecule has 2 aromatic carbocycles. The van der Waals surface area contributed by atoms with Gasteiger partial charge in [0.15, 0.2) is 0 Å². The predicted molar refractivity (Wildman–Crippen MR) is 93.8 cm³/mol. The zero-order valence-electron chi connectivity index (χ0n) is 12.3. The number of hydrogen-bond donors (Lipinski definition) is 2. The molecule has 0 aliphatic rings. The van der Waals surface area contributed by atoms with Crippen molar-refractivity contribution >= 4 is 39.0 Å². The van der Waals surface area contributed by atoms with Crippen molar-refractivity contribution in [3.8, 4) is 0 Å². The molecule has 0 aliphatic heterocycles. The van der Waals surface area contributed by atoms with E-state index in [2.05, 4.69) is 36.5 Å². The molecule has 7 heteroatoms.